The van der Waals surface area contributed by atoms with Gasteiger partial charge in [-0.1, -0.05) is 48.9 Å². The number of amides is 1. The minimum absolute atomic E-state index is 0.0304. The third-order valence-corrected chi connectivity index (χ3v) is 4.95. The molecule has 0 aliphatic rings. The fourth-order valence-electron chi connectivity index (χ4n) is 3.14. The molecular formula is C24H27N3O3. The lowest BCUT2D eigenvalue weighted by Gasteiger charge is -2.11. The zero-order valence-electron chi connectivity index (χ0n) is 17.8. The topological polar surface area (TPSA) is 73.2 Å². The van der Waals surface area contributed by atoms with E-state index in [2.05, 4.69) is 10.4 Å². The number of hydrogen-bond acceptors (Lipinski definition) is 4. The molecule has 0 fully saturated rings. The quantitative estimate of drug-likeness (QED) is 0.597. The van der Waals surface area contributed by atoms with Crippen molar-refractivity contribution < 1.29 is 14.3 Å². The van der Waals surface area contributed by atoms with Crippen LogP contribution in [0.15, 0.2) is 54.7 Å². The number of esters is 1. The number of para-hydroxylation sites is 1. The van der Waals surface area contributed by atoms with Gasteiger partial charge in [0, 0.05) is 17.8 Å². The van der Waals surface area contributed by atoms with E-state index in [0.717, 1.165) is 28.8 Å². The molecule has 6 nitrogen and oxygen atoms in total. The van der Waals surface area contributed by atoms with E-state index in [4.69, 9.17) is 4.74 Å². The summed E-state index contributed by atoms with van der Waals surface area (Å²) in [5.41, 5.74) is 4.68. The van der Waals surface area contributed by atoms with E-state index in [-0.39, 0.29) is 18.6 Å². The summed E-state index contributed by atoms with van der Waals surface area (Å²) < 4.78 is 6.96. The summed E-state index contributed by atoms with van der Waals surface area (Å²) in [7, 11) is 0. The molecule has 0 saturated heterocycles. The van der Waals surface area contributed by atoms with Crippen molar-refractivity contribution in [3.05, 3.63) is 71.4 Å². The average Bonchev–Trinajstić information content (AvgIpc) is 3.17. The molecule has 1 N–H and O–H groups in total. The van der Waals surface area contributed by atoms with E-state index in [1.54, 1.807) is 10.9 Å². The Bertz CT molecular complexity index is 1040. The van der Waals surface area contributed by atoms with Crippen LogP contribution in [-0.4, -0.2) is 34.3 Å². The number of ether oxygens (including phenoxy) is 1. The Kier molecular flexibility index (Phi) is 6.67. The molecule has 156 valence electrons. The van der Waals surface area contributed by atoms with Crippen LogP contribution in [0.5, 0.6) is 0 Å². The summed E-state index contributed by atoms with van der Waals surface area (Å²) in [6, 6.07) is 15.6. The maximum absolute atomic E-state index is 12.9. The molecule has 0 bridgehead atoms. The second-order valence-electron chi connectivity index (χ2n) is 7.44. The first kappa shape index (κ1) is 21.3. The lowest BCUT2D eigenvalue weighted by Crippen LogP contribution is -2.35. The minimum Gasteiger partial charge on any atom is -0.452 e. The van der Waals surface area contributed by atoms with Crippen molar-refractivity contribution in [3.63, 3.8) is 0 Å². The number of carbonyl (C=O) groups is 2. The highest BCUT2D eigenvalue weighted by molar-refractivity contribution is 5.97. The Morgan fingerprint density at radius 3 is 2.53 bits per heavy atom. The standard InChI is InChI=1S/C24H27N3O3/c1-5-18(4)25-22(28)15-30-24(29)21-14-27(19-9-7-6-8-10-19)26-23(21)20-12-11-16(2)13-17(20)3/h6-14,18H,5,15H2,1-4H3,(H,25,28)/t18-/m1/s1. The summed E-state index contributed by atoms with van der Waals surface area (Å²) >= 11 is 0. The molecule has 3 aromatic rings. The molecule has 0 radical (unpaired) electrons. The second kappa shape index (κ2) is 9.39. The summed E-state index contributed by atoms with van der Waals surface area (Å²) in [6.07, 6.45) is 2.46. The van der Waals surface area contributed by atoms with Gasteiger partial charge in [-0.25, -0.2) is 9.48 Å². The third-order valence-electron chi connectivity index (χ3n) is 4.95. The Morgan fingerprint density at radius 2 is 1.87 bits per heavy atom. The van der Waals surface area contributed by atoms with Gasteiger partial charge in [-0.2, -0.15) is 5.10 Å². The van der Waals surface area contributed by atoms with Crippen LogP contribution in [0.4, 0.5) is 0 Å². The second-order valence-corrected chi connectivity index (χ2v) is 7.44. The number of carbonyl (C=O) groups excluding carboxylic acids is 2. The largest absolute Gasteiger partial charge is 0.452 e. The first-order valence-electron chi connectivity index (χ1n) is 10.1. The van der Waals surface area contributed by atoms with Crippen molar-refractivity contribution in [2.45, 2.75) is 40.2 Å². The molecule has 0 saturated carbocycles. The molecule has 30 heavy (non-hydrogen) atoms. The van der Waals surface area contributed by atoms with Gasteiger partial charge in [0.25, 0.3) is 5.91 Å². The molecular weight excluding hydrogens is 378 g/mol. The van der Waals surface area contributed by atoms with Crippen LogP contribution in [0, 0.1) is 13.8 Å². The maximum Gasteiger partial charge on any atom is 0.342 e. The lowest BCUT2D eigenvalue weighted by molar-refractivity contribution is -0.124. The highest BCUT2D eigenvalue weighted by Gasteiger charge is 2.22. The van der Waals surface area contributed by atoms with Gasteiger partial charge >= 0.3 is 5.97 Å². The smallest absolute Gasteiger partial charge is 0.342 e. The van der Waals surface area contributed by atoms with Crippen LogP contribution >= 0.6 is 0 Å². The number of rotatable bonds is 7. The molecule has 0 aliphatic carbocycles. The first-order chi connectivity index (χ1) is 14.4. The Labute approximate surface area is 176 Å². The molecule has 0 unspecified atom stereocenters. The fraction of sp³-hybridized carbons (Fsp3) is 0.292. The number of aromatic nitrogens is 2. The predicted octanol–water partition coefficient (Wildman–Crippen LogP) is 4.23. The number of benzene rings is 2. The van der Waals surface area contributed by atoms with Crippen molar-refractivity contribution >= 4 is 11.9 Å². The van der Waals surface area contributed by atoms with Crippen LogP contribution in [0.1, 0.15) is 41.8 Å². The fourth-order valence-corrected chi connectivity index (χ4v) is 3.14. The highest BCUT2D eigenvalue weighted by Crippen LogP contribution is 2.28. The normalized spacial score (nSPS) is 11.7. The number of hydrogen-bond donors (Lipinski definition) is 1. The van der Waals surface area contributed by atoms with Crippen molar-refractivity contribution in [1.82, 2.24) is 15.1 Å². The minimum atomic E-state index is -0.577. The zero-order chi connectivity index (χ0) is 21.7. The SMILES string of the molecule is CC[C@@H](C)NC(=O)COC(=O)c1cn(-c2ccccc2)nc1-c1ccc(C)cc1C. The van der Waals surface area contributed by atoms with Crippen LogP contribution in [0.2, 0.25) is 0 Å². The van der Waals surface area contributed by atoms with Gasteiger partial charge in [-0.3, -0.25) is 4.79 Å². The van der Waals surface area contributed by atoms with E-state index in [0.29, 0.717) is 11.3 Å². The number of nitrogens with one attached hydrogen (secondary N) is 1. The molecule has 3 rings (SSSR count). The van der Waals surface area contributed by atoms with Gasteiger partial charge < -0.3 is 10.1 Å². The number of nitrogens with zero attached hydrogens (tertiary/aromatic N) is 2. The summed E-state index contributed by atoms with van der Waals surface area (Å²) in [4.78, 5) is 24.9. The molecule has 0 aliphatic heterocycles. The molecule has 2 aromatic carbocycles. The molecule has 1 amide bonds. The molecule has 6 heteroatoms. The van der Waals surface area contributed by atoms with Crippen LogP contribution < -0.4 is 5.32 Å². The Morgan fingerprint density at radius 1 is 1.13 bits per heavy atom. The monoisotopic (exact) mass is 405 g/mol. The molecule has 1 atom stereocenters. The molecule has 1 aromatic heterocycles. The van der Waals surface area contributed by atoms with Crippen molar-refractivity contribution in [3.8, 4) is 16.9 Å². The highest BCUT2D eigenvalue weighted by atomic mass is 16.5. The Hall–Kier alpha value is -3.41. The van der Waals surface area contributed by atoms with Crippen molar-refractivity contribution in [2.24, 2.45) is 0 Å². The predicted molar refractivity (Wildman–Crippen MR) is 117 cm³/mol. The average molecular weight is 405 g/mol. The van der Waals surface area contributed by atoms with E-state index in [9.17, 15) is 9.59 Å². The van der Waals surface area contributed by atoms with Gasteiger partial charge in [-0.05, 0) is 44.9 Å². The van der Waals surface area contributed by atoms with Gasteiger partial charge in [0.05, 0.1) is 5.69 Å². The van der Waals surface area contributed by atoms with Crippen molar-refractivity contribution in [2.75, 3.05) is 6.61 Å². The molecule has 1 heterocycles. The van der Waals surface area contributed by atoms with Crippen molar-refractivity contribution in [1.29, 1.82) is 0 Å². The van der Waals surface area contributed by atoms with Gasteiger partial charge in [-0.15, -0.1) is 0 Å². The summed E-state index contributed by atoms with van der Waals surface area (Å²) in [5, 5.41) is 7.46. The van der Waals surface area contributed by atoms with Crippen LogP contribution in [0.25, 0.3) is 16.9 Å². The zero-order valence-corrected chi connectivity index (χ0v) is 17.8. The van der Waals surface area contributed by atoms with E-state index in [1.165, 1.54) is 0 Å². The van der Waals surface area contributed by atoms with E-state index in [1.807, 2.05) is 76.2 Å². The summed E-state index contributed by atoms with van der Waals surface area (Å²) in [5.74, 6) is -0.896. The van der Waals surface area contributed by atoms with E-state index >= 15 is 0 Å². The summed E-state index contributed by atoms with van der Waals surface area (Å²) in [6.45, 7) is 7.56. The van der Waals surface area contributed by atoms with Crippen LogP contribution in [0.3, 0.4) is 0 Å². The number of aryl methyl sites for hydroxylation is 2. The lowest BCUT2D eigenvalue weighted by atomic mass is 10.0. The Balaban J connectivity index is 1.92. The first-order valence-corrected chi connectivity index (χ1v) is 10.1. The maximum atomic E-state index is 12.9. The molecule has 0 spiro atoms. The third kappa shape index (κ3) is 4.95. The van der Waals surface area contributed by atoms with Gasteiger partial charge in [0.15, 0.2) is 6.61 Å². The van der Waals surface area contributed by atoms with E-state index < -0.39 is 5.97 Å². The van der Waals surface area contributed by atoms with Crippen LogP contribution in [-0.2, 0) is 9.53 Å². The van der Waals surface area contributed by atoms with Gasteiger partial charge in [0.2, 0.25) is 0 Å². The van der Waals surface area contributed by atoms with Gasteiger partial charge in [0.1, 0.15) is 11.3 Å².